The molecule has 0 aliphatic carbocycles. The van der Waals surface area contributed by atoms with Crippen LogP contribution in [0.15, 0.2) is 78.9 Å². The third-order valence-corrected chi connectivity index (χ3v) is 6.74. The topological polar surface area (TPSA) is 86.8 Å². The fraction of sp³-hybridized carbons (Fsp3) is 0.290. The monoisotopic (exact) mass is 529 g/mol. The number of hydrogen-bond acceptors (Lipinski definition) is 4. The zero-order valence-corrected chi connectivity index (χ0v) is 21.9. The van der Waals surface area contributed by atoms with E-state index in [1.165, 1.54) is 17.0 Å². The Bertz CT molecular complexity index is 1290. The van der Waals surface area contributed by atoms with Gasteiger partial charge in [-0.05, 0) is 48.2 Å². The highest BCUT2D eigenvalue weighted by molar-refractivity contribution is 6.21. The van der Waals surface area contributed by atoms with Gasteiger partial charge in [0, 0.05) is 32.5 Å². The SMILES string of the molecule is CCCNC(=O)[C@H](Cc1ccccc1)N(Cc1ccc(F)cc1)C(=O)CCCN1C(=O)c2ccccc2C1=O. The summed E-state index contributed by atoms with van der Waals surface area (Å²) >= 11 is 0. The quantitative estimate of drug-likeness (QED) is 0.353. The zero-order valence-electron chi connectivity index (χ0n) is 21.9. The standard InChI is InChI=1S/C31H32FN3O4/c1-2-18-33-29(37)27(20-22-9-4-3-5-10-22)35(21-23-14-16-24(32)17-15-23)28(36)13-8-19-34-30(38)25-11-6-7-12-26(25)31(34)39/h3-7,9-12,14-17,27H,2,8,13,18-21H2,1H3,(H,33,37)/t27-/m0/s1. The molecule has 1 heterocycles. The van der Waals surface area contributed by atoms with Crippen LogP contribution in [0, 0.1) is 5.82 Å². The fourth-order valence-electron chi connectivity index (χ4n) is 4.68. The number of carbonyl (C=O) groups is 4. The Morgan fingerprint density at radius 1 is 0.872 bits per heavy atom. The van der Waals surface area contributed by atoms with Crippen LogP contribution >= 0.6 is 0 Å². The van der Waals surface area contributed by atoms with Gasteiger partial charge in [-0.25, -0.2) is 4.39 Å². The Morgan fingerprint density at radius 2 is 1.49 bits per heavy atom. The van der Waals surface area contributed by atoms with Gasteiger partial charge in [0.1, 0.15) is 11.9 Å². The van der Waals surface area contributed by atoms with Gasteiger partial charge in [0.05, 0.1) is 11.1 Å². The number of hydrogen-bond donors (Lipinski definition) is 1. The van der Waals surface area contributed by atoms with Crippen molar-refractivity contribution >= 4 is 23.6 Å². The smallest absolute Gasteiger partial charge is 0.261 e. The number of fused-ring (bicyclic) bond motifs is 1. The van der Waals surface area contributed by atoms with E-state index >= 15 is 0 Å². The van der Waals surface area contributed by atoms with Crippen LogP contribution in [0.2, 0.25) is 0 Å². The van der Waals surface area contributed by atoms with E-state index in [4.69, 9.17) is 0 Å². The van der Waals surface area contributed by atoms with Gasteiger partial charge in [-0.2, -0.15) is 0 Å². The van der Waals surface area contributed by atoms with Crippen LogP contribution in [0.3, 0.4) is 0 Å². The Balaban J connectivity index is 1.53. The Kier molecular flexibility index (Phi) is 9.20. The maximum atomic E-state index is 13.7. The van der Waals surface area contributed by atoms with Gasteiger partial charge >= 0.3 is 0 Å². The maximum Gasteiger partial charge on any atom is 0.261 e. The molecule has 3 aromatic rings. The van der Waals surface area contributed by atoms with Crippen molar-refractivity contribution in [1.82, 2.24) is 15.1 Å². The zero-order chi connectivity index (χ0) is 27.8. The third-order valence-electron chi connectivity index (χ3n) is 6.74. The minimum Gasteiger partial charge on any atom is -0.354 e. The molecule has 1 atom stereocenters. The van der Waals surface area contributed by atoms with Crippen molar-refractivity contribution in [1.29, 1.82) is 0 Å². The molecule has 202 valence electrons. The maximum absolute atomic E-state index is 13.7. The summed E-state index contributed by atoms with van der Waals surface area (Å²) in [6.45, 7) is 2.63. The highest BCUT2D eigenvalue weighted by Crippen LogP contribution is 2.23. The van der Waals surface area contributed by atoms with Crippen molar-refractivity contribution in [3.8, 4) is 0 Å². The molecular formula is C31H32FN3O4. The molecule has 0 saturated heterocycles. The molecule has 0 spiro atoms. The number of nitrogens with one attached hydrogen (secondary N) is 1. The number of halogens is 1. The summed E-state index contributed by atoms with van der Waals surface area (Å²) in [5.74, 6) is -1.68. The first-order valence-electron chi connectivity index (χ1n) is 13.2. The van der Waals surface area contributed by atoms with Crippen molar-refractivity contribution in [3.63, 3.8) is 0 Å². The molecule has 0 bridgehead atoms. The Morgan fingerprint density at radius 3 is 2.10 bits per heavy atom. The van der Waals surface area contributed by atoms with Crippen molar-refractivity contribution in [2.45, 2.75) is 45.2 Å². The molecule has 39 heavy (non-hydrogen) atoms. The second kappa shape index (κ2) is 13.0. The van der Waals surface area contributed by atoms with E-state index < -0.39 is 6.04 Å². The lowest BCUT2D eigenvalue weighted by atomic mass is 10.0. The molecule has 0 saturated carbocycles. The Labute approximate surface area is 227 Å². The van der Waals surface area contributed by atoms with Crippen LogP contribution in [-0.4, -0.2) is 52.6 Å². The van der Waals surface area contributed by atoms with E-state index in [1.807, 2.05) is 37.3 Å². The van der Waals surface area contributed by atoms with E-state index in [2.05, 4.69) is 5.32 Å². The van der Waals surface area contributed by atoms with Gasteiger partial charge in [0.25, 0.3) is 11.8 Å². The summed E-state index contributed by atoms with van der Waals surface area (Å²) < 4.78 is 13.6. The van der Waals surface area contributed by atoms with E-state index in [-0.39, 0.29) is 55.4 Å². The third kappa shape index (κ3) is 6.76. The van der Waals surface area contributed by atoms with Crippen LogP contribution in [0.25, 0.3) is 0 Å². The van der Waals surface area contributed by atoms with Crippen LogP contribution in [0.1, 0.15) is 58.0 Å². The summed E-state index contributed by atoms with van der Waals surface area (Å²) in [5.41, 5.74) is 2.31. The number of imide groups is 1. The molecule has 0 unspecified atom stereocenters. The van der Waals surface area contributed by atoms with Crippen LogP contribution in [0.4, 0.5) is 4.39 Å². The minimum atomic E-state index is -0.796. The van der Waals surface area contributed by atoms with Crippen molar-refractivity contribution in [3.05, 3.63) is 107 Å². The lowest BCUT2D eigenvalue weighted by Crippen LogP contribution is -2.50. The van der Waals surface area contributed by atoms with E-state index in [9.17, 15) is 23.6 Å². The van der Waals surface area contributed by atoms with Gasteiger partial charge in [0.15, 0.2) is 0 Å². The lowest BCUT2D eigenvalue weighted by Gasteiger charge is -2.32. The molecule has 0 radical (unpaired) electrons. The molecule has 4 amide bonds. The molecule has 1 aliphatic heterocycles. The normalized spacial score (nSPS) is 13.2. The lowest BCUT2D eigenvalue weighted by molar-refractivity contribution is -0.141. The molecule has 7 nitrogen and oxygen atoms in total. The molecule has 1 aliphatic rings. The van der Waals surface area contributed by atoms with Crippen LogP contribution < -0.4 is 5.32 Å². The number of carbonyl (C=O) groups excluding carboxylic acids is 4. The highest BCUT2D eigenvalue weighted by Gasteiger charge is 2.35. The number of rotatable bonds is 12. The molecule has 8 heteroatoms. The fourth-order valence-corrected chi connectivity index (χ4v) is 4.68. The van der Waals surface area contributed by atoms with Gasteiger partial charge in [-0.1, -0.05) is 61.5 Å². The second-order valence-corrected chi connectivity index (χ2v) is 9.56. The summed E-state index contributed by atoms with van der Waals surface area (Å²) in [7, 11) is 0. The first kappa shape index (κ1) is 27.7. The Hall–Kier alpha value is -4.33. The summed E-state index contributed by atoms with van der Waals surface area (Å²) in [6.07, 6.45) is 1.33. The van der Waals surface area contributed by atoms with Crippen LogP contribution in [-0.2, 0) is 22.6 Å². The van der Waals surface area contributed by atoms with Crippen molar-refractivity contribution in [2.75, 3.05) is 13.1 Å². The van der Waals surface area contributed by atoms with Gasteiger partial charge in [-0.3, -0.25) is 24.1 Å². The number of amides is 4. The van der Waals surface area contributed by atoms with E-state index in [1.54, 1.807) is 36.4 Å². The number of benzene rings is 3. The average Bonchev–Trinajstić information content (AvgIpc) is 3.20. The molecule has 3 aromatic carbocycles. The van der Waals surface area contributed by atoms with Gasteiger partial charge in [0.2, 0.25) is 11.8 Å². The second-order valence-electron chi connectivity index (χ2n) is 9.56. The molecule has 1 N–H and O–H groups in total. The van der Waals surface area contributed by atoms with Gasteiger partial charge in [-0.15, -0.1) is 0 Å². The average molecular weight is 530 g/mol. The van der Waals surface area contributed by atoms with Crippen molar-refractivity contribution in [2.24, 2.45) is 0 Å². The first-order valence-corrected chi connectivity index (χ1v) is 13.2. The van der Waals surface area contributed by atoms with Crippen LogP contribution in [0.5, 0.6) is 0 Å². The minimum absolute atomic E-state index is 0.0287. The summed E-state index contributed by atoms with van der Waals surface area (Å²) in [6, 6.07) is 21.2. The van der Waals surface area contributed by atoms with E-state index in [0.717, 1.165) is 16.9 Å². The predicted octanol–water partition coefficient (Wildman–Crippen LogP) is 4.37. The largest absolute Gasteiger partial charge is 0.354 e. The first-order chi connectivity index (χ1) is 18.9. The predicted molar refractivity (Wildman–Crippen MR) is 145 cm³/mol. The summed E-state index contributed by atoms with van der Waals surface area (Å²) in [4.78, 5) is 55.1. The number of nitrogens with zero attached hydrogens (tertiary/aromatic N) is 2. The highest BCUT2D eigenvalue weighted by atomic mass is 19.1. The molecular weight excluding hydrogens is 497 g/mol. The molecule has 4 rings (SSSR count). The molecule has 0 aromatic heterocycles. The summed E-state index contributed by atoms with van der Waals surface area (Å²) in [5, 5.41) is 2.92. The van der Waals surface area contributed by atoms with Crippen molar-refractivity contribution < 1.29 is 23.6 Å². The van der Waals surface area contributed by atoms with E-state index in [0.29, 0.717) is 29.7 Å². The van der Waals surface area contributed by atoms with Gasteiger partial charge < -0.3 is 10.2 Å². The molecule has 0 fully saturated rings.